The zero-order chi connectivity index (χ0) is 14.5. The van der Waals surface area contributed by atoms with Crippen molar-refractivity contribution in [1.82, 2.24) is 0 Å². The molecule has 2 N–H and O–H groups in total. The normalized spacial score (nSPS) is 12.9. The first-order valence-electron chi connectivity index (χ1n) is 6.33. The van der Waals surface area contributed by atoms with Crippen LogP contribution in [-0.2, 0) is 12.8 Å². The Kier molecular flexibility index (Phi) is 4.24. The van der Waals surface area contributed by atoms with Gasteiger partial charge in [-0.3, -0.25) is 0 Å². The van der Waals surface area contributed by atoms with Crippen molar-refractivity contribution in [1.29, 1.82) is 0 Å². The van der Waals surface area contributed by atoms with Crippen molar-refractivity contribution in [2.45, 2.75) is 26.7 Å². The average Bonchev–Trinajstić information content (AvgIpc) is 3.13. The van der Waals surface area contributed by atoms with Crippen molar-refractivity contribution in [2.24, 2.45) is 10.3 Å². The van der Waals surface area contributed by atoms with Crippen LogP contribution in [0, 0.1) is 0 Å². The Balaban J connectivity index is 2.38. The van der Waals surface area contributed by atoms with E-state index in [9.17, 15) is 10.4 Å². The van der Waals surface area contributed by atoms with E-state index >= 15 is 0 Å². The van der Waals surface area contributed by atoms with Gasteiger partial charge in [-0.05, 0) is 36.1 Å². The molecule has 0 aromatic carbocycles. The fraction of sp³-hybridized carbons (Fsp3) is 0.286. The van der Waals surface area contributed by atoms with E-state index < -0.39 is 0 Å². The third-order valence-electron chi connectivity index (χ3n) is 3.02. The molecule has 0 aliphatic heterocycles. The molecule has 6 nitrogen and oxygen atoms in total. The molecule has 0 spiro atoms. The highest BCUT2D eigenvalue weighted by Crippen LogP contribution is 2.16. The lowest BCUT2D eigenvalue weighted by atomic mass is 10.1. The number of aryl methyl sites for hydroxylation is 2. The van der Waals surface area contributed by atoms with Crippen LogP contribution >= 0.6 is 0 Å². The van der Waals surface area contributed by atoms with Crippen LogP contribution in [0.5, 0.6) is 0 Å². The van der Waals surface area contributed by atoms with Crippen molar-refractivity contribution in [3.8, 4) is 0 Å². The number of hydrogen-bond donors (Lipinski definition) is 2. The first kappa shape index (κ1) is 13.9. The summed E-state index contributed by atoms with van der Waals surface area (Å²) >= 11 is 0. The van der Waals surface area contributed by atoms with Gasteiger partial charge in [0.15, 0.2) is 22.9 Å². The molecule has 0 fully saturated rings. The minimum absolute atomic E-state index is 0.0178. The fourth-order valence-electron chi connectivity index (χ4n) is 1.80. The van der Waals surface area contributed by atoms with Gasteiger partial charge in [-0.15, -0.1) is 0 Å². The van der Waals surface area contributed by atoms with Crippen LogP contribution in [0.2, 0.25) is 0 Å². The molecule has 0 atom stereocenters. The number of furan rings is 2. The van der Waals surface area contributed by atoms with Gasteiger partial charge in [-0.1, -0.05) is 24.2 Å². The summed E-state index contributed by atoms with van der Waals surface area (Å²) < 4.78 is 10.6. The summed E-state index contributed by atoms with van der Waals surface area (Å²) in [5.74, 6) is 0.623. The van der Waals surface area contributed by atoms with Crippen LogP contribution in [0.4, 0.5) is 0 Å². The van der Waals surface area contributed by atoms with Gasteiger partial charge in [0.25, 0.3) is 0 Å². The molecule has 2 aromatic rings. The molecule has 2 aromatic heterocycles. The number of nitrogens with zero attached hydrogens (tertiary/aromatic N) is 2. The highest BCUT2D eigenvalue weighted by molar-refractivity contribution is 6.52. The Morgan fingerprint density at radius 3 is 1.55 bits per heavy atom. The Bertz CT molecular complexity index is 581. The maximum Gasteiger partial charge on any atom is 0.177 e. The highest BCUT2D eigenvalue weighted by Gasteiger charge is 2.22. The monoisotopic (exact) mass is 276 g/mol. The predicted octanol–water partition coefficient (Wildman–Crippen LogP) is 3.05. The van der Waals surface area contributed by atoms with Crippen LogP contribution in [0.25, 0.3) is 0 Å². The van der Waals surface area contributed by atoms with E-state index in [0.29, 0.717) is 11.5 Å². The van der Waals surface area contributed by atoms with Gasteiger partial charge in [0.1, 0.15) is 0 Å². The van der Waals surface area contributed by atoms with Crippen molar-refractivity contribution in [3.63, 3.8) is 0 Å². The summed E-state index contributed by atoms with van der Waals surface area (Å²) in [7, 11) is 0. The standard InChI is InChI=1S/C14H16N2O4/c1-3-9-5-11(19-7-9)13(15-17)14(16-18)12-6-10(4-2)8-20-12/h5-8,17-18H,3-4H2,1-2H3. The molecular formula is C14H16N2O4. The number of hydrogen-bond acceptors (Lipinski definition) is 6. The molecule has 0 unspecified atom stereocenters. The zero-order valence-electron chi connectivity index (χ0n) is 11.3. The van der Waals surface area contributed by atoms with Crippen molar-refractivity contribution in [3.05, 3.63) is 47.3 Å². The van der Waals surface area contributed by atoms with Gasteiger partial charge < -0.3 is 19.2 Å². The minimum atomic E-state index is 0.0178. The van der Waals surface area contributed by atoms with Gasteiger partial charge in [-0.25, -0.2) is 0 Å². The Hall–Kier alpha value is -2.50. The molecule has 0 aliphatic rings. The fourth-order valence-corrected chi connectivity index (χ4v) is 1.80. The number of rotatable bonds is 5. The third kappa shape index (κ3) is 2.59. The van der Waals surface area contributed by atoms with Gasteiger partial charge >= 0.3 is 0 Å². The Morgan fingerprint density at radius 2 is 1.30 bits per heavy atom. The van der Waals surface area contributed by atoms with Gasteiger partial charge in [0.05, 0.1) is 12.5 Å². The van der Waals surface area contributed by atoms with E-state index in [1.165, 1.54) is 0 Å². The summed E-state index contributed by atoms with van der Waals surface area (Å²) in [5.41, 5.74) is 1.94. The van der Waals surface area contributed by atoms with Crippen LogP contribution in [0.1, 0.15) is 36.5 Å². The van der Waals surface area contributed by atoms with E-state index in [1.54, 1.807) is 24.7 Å². The smallest absolute Gasteiger partial charge is 0.177 e. The van der Waals surface area contributed by atoms with Gasteiger partial charge in [0, 0.05) is 0 Å². The Morgan fingerprint density at radius 1 is 0.900 bits per heavy atom. The van der Waals surface area contributed by atoms with Crippen LogP contribution in [0.3, 0.4) is 0 Å². The summed E-state index contributed by atoms with van der Waals surface area (Å²) in [6.45, 7) is 3.96. The van der Waals surface area contributed by atoms with E-state index in [1.807, 2.05) is 13.8 Å². The number of oxime groups is 2. The largest absolute Gasteiger partial charge is 0.462 e. The van der Waals surface area contributed by atoms with E-state index in [2.05, 4.69) is 10.3 Å². The van der Waals surface area contributed by atoms with Gasteiger partial charge in [-0.2, -0.15) is 0 Å². The first-order chi connectivity index (χ1) is 9.73. The summed E-state index contributed by atoms with van der Waals surface area (Å²) in [6, 6.07) is 3.45. The molecule has 106 valence electrons. The molecule has 2 rings (SSSR count). The quantitative estimate of drug-likeness (QED) is 0.498. The van der Waals surface area contributed by atoms with Crippen LogP contribution in [0.15, 0.2) is 43.8 Å². The lowest BCUT2D eigenvalue weighted by molar-refractivity contribution is 0.312. The second-order valence-corrected chi connectivity index (χ2v) is 4.24. The maximum atomic E-state index is 9.18. The molecule has 0 bridgehead atoms. The molecule has 0 aliphatic carbocycles. The van der Waals surface area contributed by atoms with Crippen LogP contribution < -0.4 is 0 Å². The van der Waals surface area contributed by atoms with Crippen LogP contribution in [-0.4, -0.2) is 21.8 Å². The minimum Gasteiger partial charge on any atom is -0.462 e. The Labute approximate surface area is 116 Å². The highest BCUT2D eigenvalue weighted by atomic mass is 16.4. The van der Waals surface area contributed by atoms with Gasteiger partial charge in [0.2, 0.25) is 0 Å². The molecule has 0 radical (unpaired) electrons. The second-order valence-electron chi connectivity index (χ2n) is 4.24. The molecule has 20 heavy (non-hydrogen) atoms. The third-order valence-corrected chi connectivity index (χ3v) is 3.02. The molecular weight excluding hydrogens is 260 g/mol. The zero-order valence-corrected chi connectivity index (χ0v) is 11.3. The average molecular weight is 276 g/mol. The molecule has 6 heteroatoms. The van der Waals surface area contributed by atoms with Crippen molar-refractivity contribution >= 4 is 11.4 Å². The SMILES string of the molecule is CCc1coc(C(=NO)C(=NO)c2cc(CC)co2)c1. The predicted molar refractivity (Wildman–Crippen MR) is 72.8 cm³/mol. The van der Waals surface area contributed by atoms with Crippen molar-refractivity contribution < 1.29 is 19.2 Å². The summed E-state index contributed by atoms with van der Waals surface area (Å²) in [4.78, 5) is 0. The topological polar surface area (TPSA) is 91.5 Å². The van der Waals surface area contributed by atoms with Crippen molar-refractivity contribution in [2.75, 3.05) is 0 Å². The molecule has 0 amide bonds. The van der Waals surface area contributed by atoms with E-state index in [0.717, 1.165) is 24.0 Å². The molecule has 2 heterocycles. The van der Waals surface area contributed by atoms with E-state index in [-0.39, 0.29) is 11.4 Å². The first-order valence-corrected chi connectivity index (χ1v) is 6.33. The molecule has 0 saturated carbocycles. The second kappa shape index (κ2) is 6.10. The molecule has 0 saturated heterocycles. The maximum absolute atomic E-state index is 9.18. The summed E-state index contributed by atoms with van der Waals surface area (Å²) in [6.07, 6.45) is 4.70. The lowest BCUT2D eigenvalue weighted by Gasteiger charge is -2.00. The summed E-state index contributed by atoms with van der Waals surface area (Å²) in [5, 5.41) is 24.7. The van der Waals surface area contributed by atoms with E-state index in [4.69, 9.17) is 8.83 Å². The lowest BCUT2D eigenvalue weighted by Crippen LogP contribution is -2.16.